The molecule has 3 saturated heterocycles. The Labute approximate surface area is 347 Å². The van der Waals surface area contributed by atoms with Gasteiger partial charge in [0.2, 0.25) is 0 Å². The lowest BCUT2D eigenvalue weighted by Gasteiger charge is -2.46. The van der Waals surface area contributed by atoms with Crippen molar-refractivity contribution >= 4 is 34.5 Å². The number of ether oxygens (including phenoxy) is 5. The lowest BCUT2D eigenvalue weighted by atomic mass is 9.73. The number of cyclic esters (lactones) is 1. The van der Waals surface area contributed by atoms with E-state index < -0.39 is 89.2 Å². The minimum absolute atomic E-state index is 0.00448. The van der Waals surface area contributed by atoms with E-state index in [4.69, 9.17) is 23.7 Å². The van der Waals surface area contributed by atoms with Gasteiger partial charge in [0, 0.05) is 62.1 Å². The first-order chi connectivity index (χ1) is 27.7. The van der Waals surface area contributed by atoms with E-state index in [9.17, 15) is 24.3 Å². The van der Waals surface area contributed by atoms with Crippen molar-refractivity contribution in [1.82, 2.24) is 20.1 Å². The highest BCUT2D eigenvalue weighted by Crippen LogP contribution is 2.43. The molecule has 2 aromatic rings. The molecule has 0 saturated carbocycles. The van der Waals surface area contributed by atoms with E-state index in [1.807, 2.05) is 51.2 Å². The zero-order valence-corrected chi connectivity index (χ0v) is 36.5. The molecule has 1 unspecified atom stereocenters. The topological polar surface area (TPSA) is 166 Å². The van der Waals surface area contributed by atoms with E-state index in [1.165, 1.54) is 18.9 Å². The van der Waals surface area contributed by atoms with Crippen molar-refractivity contribution in [2.24, 2.45) is 17.8 Å². The van der Waals surface area contributed by atoms with Gasteiger partial charge >= 0.3 is 12.1 Å². The number of nitrogens with zero attached hydrogens (tertiary/aromatic N) is 3. The number of aliphatic hydroxyl groups excluding tert-OH is 1. The number of benzene rings is 1. The van der Waals surface area contributed by atoms with Crippen LogP contribution in [0.1, 0.15) is 87.1 Å². The Morgan fingerprint density at radius 2 is 1.75 bits per heavy atom. The van der Waals surface area contributed by atoms with Gasteiger partial charge in [-0.05, 0) is 78.2 Å². The second kappa shape index (κ2) is 18.6. The number of rotatable bonds is 11. The smallest absolute Gasteiger partial charge is 0.410 e. The molecule has 0 radical (unpaired) electrons. The number of fused-ring (bicyclic) bond motifs is 2. The third-order valence-electron chi connectivity index (χ3n) is 12.9. The van der Waals surface area contributed by atoms with Crippen LogP contribution in [0.25, 0.3) is 10.9 Å². The van der Waals surface area contributed by atoms with Crippen LogP contribution in [0.15, 0.2) is 36.5 Å². The van der Waals surface area contributed by atoms with Crippen molar-refractivity contribution < 1.29 is 52.4 Å². The maximum atomic E-state index is 16.9. The average Bonchev–Trinajstić information content (AvgIpc) is 3.46. The molecule has 3 fully saturated rings. The normalized spacial score (nSPS) is 37.6. The summed E-state index contributed by atoms with van der Waals surface area (Å²) in [6, 6.07) is 8.46. The van der Waals surface area contributed by atoms with Gasteiger partial charge in [-0.2, -0.15) is 0 Å². The third-order valence-corrected chi connectivity index (χ3v) is 12.9. The van der Waals surface area contributed by atoms with Crippen LogP contribution in [0.2, 0.25) is 0 Å². The predicted molar refractivity (Wildman–Crippen MR) is 218 cm³/mol. The Morgan fingerprint density at radius 1 is 1.05 bits per heavy atom. The summed E-state index contributed by atoms with van der Waals surface area (Å²) in [5, 5.41) is 15.6. The number of aliphatic hydroxyl groups is 1. The molecular formula is C44H65FN4O10. The van der Waals surface area contributed by atoms with Crippen LogP contribution >= 0.6 is 0 Å². The van der Waals surface area contributed by atoms with Gasteiger partial charge in [0.25, 0.3) is 5.67 Å². The number of pyridine rings is 1. The molecule has 15 heteroatoms. The molecule has 5 rings (SSSR count). The summed E-state index contributed by atoms with van der Waals surface area (Å²) in [5.41, 5.74) is -4.32. The number of esters is 1. The van der Waals surface area contributed by atoms with Gasteiger partial charge in [0.1, 0.15) is 18.0 Å². The molecule has 328 valence electrons. The highest BCUT2D eigenvalue weighted by Gasteiger charge is 2.61. The number of hydrogen-bond acceptors (Lipinski definition) is 13. The van der Waals surface area contributed by atoms with Gasteiger partial charge in [-0.1, -0.05) is 52.8 Å². The number of likely N-dealkylation sites (N-methyl/N-ethyl adjacent to an activating group) is 2. The van der Waals surface area contributed by atoms with E-state index in [0.717, 1.165) is 23.4 Å². The first-order valence-electron chi connectivity index (χ1n) is 21.0. The minimum Gasteiger partial charge on any atom is -0.455 e. The average molecular weight is 829 g/mol. The number of nitrogens with one attached hydrogen (secondary N) is 1. The van der Waals surface area contributed by atoms with Gasteiger partial charge in [0.05, 0.1) is 29.4 Å². The Morgan fingerprint density at radius 3 is 2.41 bits per heavy atom. The maximum absolute atomic E-state index is 16.9. The molecule has 4 heterocycles. The number of carbonyl (C=O) groups excluding carboxylic acids is 4. The fourth-order valence-electron chi connectivity index (χ4n) is 9.63. The number of Topliss-reactive ketones (excluding diaryl/α,β-unsaturated/α-hetero) is 2. The second-order valence-corrected chi connectivity index (χ2v) is 17.4. The maximum Gasteiger partial charge on any atom is 0.410 e. The summed E-state index contributed by atoms with van der Waals surface area (Å²) in [5.74, 6) is -5.81. The molecule has 0 aliphatic carbocycles. The van der Waals surface area contributed by atoms with E-state index >= 15 is 4.39 Å². The second-order valence-electron chi connectivity index (χ2n) is 17.4. The Bertz CT molecular complexity index is 1830. The molecule has 13 atom stereocenters. The number of carbonyl (C=O) groups is 4. The predicted octanol–water partition coefficient (Wildman–Crippen LogP) is 5.01. The van der Waals surface area contributed by atoms with E-state index in [-0.39, 0.29) is 31.3 Å². The molecule has 1 amide bonds. The zero-order valence-electron chi connectivity index (χ0n) is 36.5. The van der Waals surface area contributed by atoms with Gasteiger partial charge < -0.3 is 39.0 Å². The van der Waals surface area contributed by atoms with Crippen LogP contribution in [-0.4, -0.2) is 137 Å². The van der Waals surface area contributed by atoms with Crippen LogP contribution in [0.5, 0.6) is 0 Å². The number of halogens is 1. The molecule has 0 bridgehead atoms. The number of amides is 1. The molecule has 14 nitrogen and oxygen atoms in total. The fourth-order valence-corrected chi connectivity index (χ4v) is 9.63. The van der Waals surface area contributed by atoms with E-state index in [0.29, 0.717) is 26.1 Å². The van der Waals surface area contributed by atoms with Crippen molar-refractivity contribution in [3.05, 3.63) is 42.1 Å². The zero-order chi connectivity index (χ0) is 43.6. The van der Waals surface area contributed by atoms with Crippen molar-refractivity contribution in [3.63, 3.8) is 0 Å². The number of methoxy groups -OCH3 is 1. The van der Waals surface area contributed by atoms with Crippen LogP contribution in [-0.2, 0) is 44.6 Å². The molecule has 1 aromatic carbocycles. The first-order valence-corrected chi connectivity index (χ1v) is 21.0. The highest BCUT2D eigenvalue weighted by molar-refractivity contribution is 6.08. The number of ketones is 2. The minimum atomic E-state index is -3.18. The summed E-state index contributed by atoms with van der Waals surface area (Å²) in [4.78, 5) is 65.0. The van der Waals surface area contributed by atoms with Crippen molar-refractivity contribution in [3.8, 4) is 0 Å². The lowest BCUT2D eigenvalue weighted by Crippen LogP contribution is -2.62. The van der Waals surface area contributed by atoms with Gasteiger partial charge in [-0.15, -0.1) is 0 Å². The summed E-state index contributed by atoms with van der Waals surface area (Å²) < 4.78 is 47.5. The number of hydrogen-bond donors (Lipinski definition) is 2. The Hall–Kier alpha value is -3.60. The van der Waals surface area contributed by atoms with Crippen LogP contribution in [0.3, 0.4) is 0 Å². The SMILES string of the molecule is CCN[C@H]1C[C@@H](C)O[C@@H](O[C@@H]2[C@H](C)C(=O)[C@](C)(F)C(=O)O[C@H](CC)[C@@]3(C)OC(=O)N(CCN(C)Cc4ccnc5ccccc45)C3[C@@H](C)C(=O)[C@H](C)C[C@@]2(C)OC)[C@H]1O. The number of para-hydroxylation sites is 1. The molecule has 3 aliphatic heterocycles. The Balaban J connectivity index is 1.50. The number of alkyl halides is 1. The standard InChI is InChI=1S/C44H65FN4O10/c1-12-33-44(9)36(49(41(54)59-44)21-20-48(10)24-29-18-19-47-31-17-15-14-16-30(29)31)27(5)34(50)25(3)23-42(7,55-11)38(28(6)37(52)43(8,45)40(53)57-33)58-39-35(51)32(46-13-2)22-26(4)56-39/h14-19,25-28,32-33,35-36,38-39,46,51H,12-13,20-24H2,1-11H3/t25-,26-,27+,28-,32+,33-,35+,36?,38-,39+,42-,43+,44-/m1/s1. The van der Waals surface area contributed by atoms with Crippen LogP contribution < -0.4 is 5.32 Å². The van der Waals surface area contributed by atoms with E-state index in [1.54, 1.807) is 40.8 Å². The van der Waals surface area contributed by atoms with E-state index in [2.05, 4.69) is 15.2 Å². The molecule has 1 aromatic heterocycles. The lowest BCUT2D eigenvalue weighted by molar-refractivity contribution is -0.290. The quantitative estimate of drug-likeness (QED) is 0.230. The van der Waals surface area contributed by atoms with Crippen molar-refractivity contribution in [2.45, 2.75) is 148 Å². The largest absolute Gasteiger partial charge is 0.455 e. The summed E-state index contributed by atoms with van der Waals surface area (Å²) in [6.07, 6.45) is -3.67. The molecule has 59 heavy (non-hydrogen) atoms. The van der Waals surface area contributed by atoms with Crippen molar-refractivity contribution in [1.29, 1.82) is 0 Å². The molecular weight excluding hydrogens is 763 g/mol. The fraction of sp³-hybridized carbons (Fsp3) is 0.705. The van der Waals surface area contributed by atoms with Crippen LogP contribution in [0.4, 0.5) is 9.18 Å². The third kappa shape index (κ3) is 9.35. The van der Waals surface area contributed by atoms with Crippen molar-refractivity contribution in [2.75, 3.05) is 33.8 Å². The summed E-state index contributed by atoms with van der Waals surface area (Å²) in [6.45, 7) is 16.1. The van der Waals surface area contributed by atoms with Gasteiger partial charge in [0.15, 0.2) is 17.7 Å². The Kier molecular flexibility index (Phi) is 14.6. The van der Waals surface area contributed by atoms with Gasteiger partial charge in [-0.3, -0.25) is 19.5 Å². The van der Waals surface area contributed by atoms with Gasteiger partial charge in [-0.25, -0.2) is 14.0 Å². The first kappa shape index (κ1) is 46.5. The number of aromatic nitrogens is 1. The van der Waals surface area contributed by atoms with Crippen LogP contribution in [0, 0.1) is 17.8 Å². The monoisotopic (exact) mass is 828 g/mol. The summed E-state index contributed by atoms with van der Waals surface area (Å²) >= 11 is 0. The molecule has 2 N–H and O–H groups in total. The molecule has 3 aliphatic rings. The summed E-state index contributed by atoms with van der Waals surface area (Å²) in [7, 11) is 3.33. The molecule has 0 spiro atoms. The highest BCUT2D eigenvalue weighted by atomic mass is 19.1.